The highest BCUT2D eigenvalue weighted by Gasteiger charge is 2.51. The summed E-state index contributed by atoms with van der Waals surface area (Å²) in [6, 6.07) is 12.7. The van der Waals surface area contributed by atoms with E-state index < -0.39 is 13.1 Å². The number of ether oxygens (including phenoxy) is 1. The van der Waals surface area contributed by atoms with Gasteiger partial charge in [-0.25, -0.2) is 4.79 Å². The Morgan fingerprint density at radius 2 is 1.80 bits per heavy atom. The predicted octanol–water partition coefficient (Wildman–Crippen LogP) is 2.12. The molecule has 8 nitrogen and oxygen atoms in total. The third kappa shape index (κ3) is 4.63. The first-order chi connectivity index (χ1) is 14.1. The summed E-state index contributed by atoms with van der Waals surface area (Å²) in [7, 11) is -0.417. The molecule has 30 heavy (non-hydrogen) atoms. The molecule has 2 aromatic carbocycles. The van der Waals surface area contributed by atoms with E-state index in [0.717, 1.165) is 22.3 Å². The highest BCUT2D eigenvalue weighted by atomic mass is 16.7. The number of nitrogens with two attached hydrogens (primary N) is 1. The SMILES string of the molecule is Cc1cc(B2OC(C)(C)C(C)(C)O2)ccc1OCc1ccccc1NC(=O)NN=[NH2+]. The quantitative estimate of drug-likeness (QED) is 0.385. The van der Waals surface area contributed by atoms with Gasteiger partial charge in [-0.1, -0.05) is 35.8 Å². The van der Waals surface area contributed by atoms with Crippen molar-refractivity contribution in [2.75, 3.05) is 5.32 Å². The molecule has 0 radical (unpaired) electrons. The van der Waals surface area contributed by atoms with E-state index in [1.165, 1.54) is 0 Å². The van der Waals surface area contributed by atoms with Crippen LogP contribution in [0.3, 0.4) is 0 Å². The molecule has 158 valence electrons. The summed E-state index contributed by atoms with van der Waals surface area (Å²) in [5.41, 5.74) is 9.68. The summed E-state index contributed by atoms with van der Waals surface area (Å²) in [5.74, 6) is 0.742. The van der Waals surface area contributed by atoms with Crippen molar-refractivity contribution < 1.29 is 24.4 Å². The second kappa shape index (κ2) is 8.45. The Bertz CT molecular complexity index is 932. The minimum atomic E-state index is -0.520. The standard InChI is InChI=1S/C21H27BN4O4/c1-14-12-16(22-29-20(2,3)21(4,5)30-22)10-11-18(14)28-13-15-8-6-7-9-17(15)24-19(27)25-26-23/h6-12H,13H2,1-5H3,(H3,23,24,25,27)/p+1. The van der Waals surface area contributed by atoms with E-state index >= 15 is 0 Å². The van der Waals surface area contributed by atoms with Crippen LogP contribution in [0.2, 0.25) is 0 Å². The molecule has 2 aromatic rings. The Labute approximate surface area is 176 Å². The number of carbonyl (C=O) groups is 1. The van der Waals surface area contributed by atoms with Gasteiger partial charge < -0.3 is 14.0 Å². The van der Waals surface area contributed by atoms with Crippen LogP contribution < -0.4 is 26.5 Å². The van der Waals surface area contributed by atoms with Crippen LogP contribution in [0.25, 0.3) is 0 Å². The summed E-state index contributed by atoms with van der Waals surface area (Å²) in [4.78, 5) is 11.7. The third-order valence-corrected chi connectivity index (χ3v) is 5.54. The van der Waals surface area contributed by atoms with Crippen LogP contribution in [-0.2, 0) is 15.9 Å². The molecule has 1 saturated heterocycles. The van der Waals surface area contributed by atoms with Gasteiger partial charge in [0.05, 0.1) is 22.1 Å². The lowest BCUT2D eigenvalue weighted by Crippen LogP contribution is -2.41. The lowest BCUT2D eigenvalue weighted by Gasteiger charge is -2.32. The van der Waals surface area contributed by atoms with E-state index in [4.69, 9.17) is 19.6 Å². The zero-order chi connectivity index (χ0) is 21.9. The number of hydrogen-bond donors (Lipinski definition) is 3. The maximum Gasteiger partial charge on any atom is 0.494 e. The minimum absolute atomic E-state index is 0.285. The van der Waals surface area contributed by atoms with Gasteiger partial charge in [-0.3, -0.25) is 5.32 Å². The first kappa shape index (κ1) is 21.8. The first-order valence-corrected chi connectivity index (χ1v) is 9.77. The van der Waals surface area contributed by atoms with Crippen molar-refractivity contribution in [1.29, 1.82) is 0 Å². The molecule has 1 heterocycles. The van der Waals surface area contributed by atoms with Gasteiger partial charge in [-0.2, -0.15) is 5.53 Å². The number of hydrogen-bond acceptors (Lipinski definition) is 5. The molecule has 1 aliphatic heterocycles. The number of benzene rings is 2. The van der Waals surface area contributed by atoms with Gasteiger partial charge in [0, 0.05) is 5.56 Å². The Morgan fingerprint density at radius 3 is 2.43 bits per heavy atom. The second-order valence-corrected chi connectivity index (χ2v) is 8.25. The molecule has 0 atom stereocenters. The van der Waals surface area contributed by atoms with Gasteiger partial charge in [-0.05, 0) is 57.8 Å². The molecule has 0 bridgehead atoms. The summed E-state index contributed by atoms with van der Waals surface area (Å²) < 4.78 is 18.2. The van der Waals surface area contributed by atoms with Crippen molar-refractivity contribution in [3.8, 4) is 5.75 Å². The number of amides is 2. The van der Waals surface area contributed by atoms with Gasteiger partial charge in [0.25, 0.3) is 0 Å². The first-order valence-electron chi connectivity index (χ1n) is 9.77. The largest absolute Gasteiger partial charge is 0.494 e. The minimum Gasteiger partial charge on any atom is -0.489 e. The van der Waals surface area contributed by atoms with Crippen LogP contribution in [-0.4, -0.2) is 24.4 Å². The fourth-order valence-corrected chi connectivity index (χ4v) is 3.09. The van der Waals surface area contributed by atoms with Crippen molar-refractivity contribution in [3.63, 3.8) is 0 Å². The fourth-order valence-electron chi connectivity index (χ4n) is 3.09. The number of nitrogens with zero attached hydrogens (tertiary/aromatic N) is 1. The van der Waals surface area contributed by atoms with Crippen LogP contribution in [0.4, 0.5) is 10.5 Å². The van der Waals surface area contributed by atoms with Gasteiger partial charge in [0.15, 0.2) is 0 Å². The van der Waals surface area contributed by atoms with Crippen LogP contribution in [0.1, 0.15) is 38.8 Å². The molecule has 0 spiro atoms. The zero-order valence-electron chi connectivity index (χ0n) is 18.0. The van der Waals surface area contributed by atoms with Gasteiger partial charge in [0.2, 0.25) is 0 Å². The van der Waals surface area contributed by atoms with Crippen LogP contribution >= 0.6 is 0 Å². The molecule has 1 fully saturated rings. The molecule has 3 rings (SSSR count). The smallest absolute Gasteiger partial charge is 0.489 e. The summed E-state index contributed by atoms with van der Waals surface area (Å²) in [5, 5.41) is 5.80. The van der Waals surface area contributed by atoms with Gasteiger partial charge in [-0.15, -0.1) is 0 Å². The van der Waals surface area contributed by atoms with Gasteiger partial charge in [0.1, 0.15) is 12.4 Å². The number of aryl methyl sites for hydroxylation is 1. The molecule has 1 aliphatic rings. The molecule has 0 aromatic heterocycles. The van der Waals surface area contributed by atoms with Crippen molar-refractivity contribution >= 4 is 24.3 Å². The molecular weight excluding hydrogens is 383 g/mol. The number of para-hydroxylation sites is 1. The number of carbonyl (C=O) groups excluding carboxylic acids is 1. The summed E-state index contributed by atoms with van der Waals surface area (Å²) >= 11 is 0. The zero-order valence-corrected chi connectivity index (χ0v) is 18.0. The molecular formula is C21H28BN4O4+. The lowest BCUT2D eigenvalue weighted by molar-refractivity contribution is -0.228. The highest BCUT2D eigenvalue weighted by Crippen LogP contribution is 2.36. The maximum absolute atomic E-state index is 11.7. The van der Waals surface area contributed by atoms with Crippen LogP contribution in [0.5, 0.6) is 5.75 Å². The van der Waals surface area contributed by atoms with Crippen molar-refractivity contribution in [2.24, 2.45) is 5.22 Å². The van der Waals surface area contributed by atoms with E-state index in [1.54, 1.807) is 6.07 Å². The molecule has 0 aliphatic carbocycles. The third-order valence-electron chi connectivity index (χ3n) is 5.54. The Morgan fingerprint density at radius 1 is 1.13 bits per heavy atom. The second-order valence-electron chi connectivity index (χ2n) is 8.25. The van der Waals surface area contributed by atoms with Gasteiger partial charge >= 0.3 is 13.1 Å². The van der Waals surface area contributed by atoms with Crippen LogP contribution in [0.15, 0.2) is 47.7 Å². The summed E-state index contributed by atoms with van der Waals surface area (Å²) in [6.07, 6.45) is 0. The van der Waals surface area contributed by atoms with Crippen molar-refractivity contribution in [3.05, 3.63) is 53.6 Å². The van der Waals surface area contributed by atoms with Crippen molar-refractivity contribution in [2.45, 2.75) is 52.4 Å². The fraction of sp³-hybridized carbons (Fsp3) is 0.381. The number of urea groups is 1. The highest BCUT2D eigenvalue weighted by molar-refractivity contribution is 6.62. The normalized spacial score (nSPS) is 16.8. The monoisotopic (exact) mass is 411 g/mol. The Kier molecular flexibility index (Phi) is 6.14. The van der Waals surface area contributed by atoms with E-state index in [9.17, 15) is 4.79 Å². The number of anilines is 1. The molecule has 4 N–H and O–H groups in total. The molecule has 2 amide bonds. The Balaban J connectivity index is 1.70. The number of rotatable bonds is 6. The van der Waals surface area contributed by atoms with E-state index in [2.05, 4.69) is 16.0 Å². The van der Waals surface area contributed by atoms with Crippen molar-refractivity contribution in [1.82, 2.24) is 5.43 Å². The average molecular weight is 411 g/mol. The topological polar surface area (TPSA) is 107 Å². The van der Waals surface area contributed by atoms with Crippen LogP contribution in [0, 0.1) is 6.92 Å². The maximum atomic E-state index is 11.7. The molecule has 0 unspecified atom stereocenters. The van der Waals surface area contributed by atoms with E-state index in [0.29, 0.717) is 5.69 Å². The van der Waals surface area contributed by atoms with E-state index in [-0.39, 0.29) is 17.8 Å². The molecule has 9 heteroatoms. The Hall–Kier alpha value is -2.91. The predicted molar refractivity (Wildman–Crippen MR) is 114 cm³/mol. The molecule has 0 saturated carbocycles. The lowest BCUT2D eigenvalue weighted by atomic mass is 9.78. The summed E-state index contributed by atoms with van der Waals surface area (Å²) in [6.45, 7) is 10.4. The average Bonchev–Trinajstić information content (AvgIpc) is 2.89. The number of nitrogens with one attached hydrogen (secondary N) is 2. The van der Waals surface area contributed by atoms with E-state index in [1.807, 2.05) is 71.0 Å².